The zero-order valence-corrected chi connectivity index (χ0v) is 11.6. The summed E-state index contributed by atoms with van der Waals surface area (Å²) >= 11 is 5.82. The second kappa shape index (κ2) is 4.76. The van der Waals surface area contributed by atoms with Gasteiger partial charge in [-0.15, -0.1) is 0 Å². The van der Waals surface area contributed by atoms with Crippen LogP contribution in [0.4, 0.5) is 10.1 Å². The maximum atomic E-state index is 14.2. The van der Waals surface area contributed by atoms with Crippen LogP contribution < -0.4 is 5.73 Å². The van der Waals surface area contributed by atoms with Gasteiger partial charge in [0, 0.05) is 16.6 Å². The molecule has 0 aliphatic heterocycles. The Balaban J connectivity index is 2.40. The summed E-state index contributed by atoms with van der Waals surface area (Å²) in [4.78, 5) is 4.43. The first-order chi connectivity index (χ1) is 9.59. The highest BCUT2D eigenvalue weighted by Crippen LogP contribution is 2.34. The largest absolute Gasteiger partial charge is 0.398 e. The summed E-state index contributed by atoms with van der Waals surface area (Å²) in [6.45, 7) is 1.89. The van der Waals surface area contributed by atoms with E-state index in [1.165, 1.54) is 6.07 Å². The van der Waals surface area contributed by atoms with Crippen LogP contribution in [0.5, 0.6) is 0 Å². The predicted octanol–water partition coefficient (Wildman–Crippen LogP) is 4.58. The Morgan fingerprint density at radius 1 is 1.10 bits per heavy atom. The third kappa shape index (κ3) is 1.91. The molecular weight excluding hydrogens is 275 g/mol. The minimum atomic E-state index is -0.534. The van der Waals surface area contributed by atoms with Crippen LogP contribution in [0.15, 0.2) is 42.5 Å². The molecule has 3 rings (SSSR count). The molecule has 20 heavy (non-hydrogen) atoms. The average Bonchev–Trinajstić information content (AvgIpc) is 2.47. The van der Waals surface area contributed by atoms with Gasteiger partial charge in [-0.05, 0) is 24.6 Å². The molecule has 1 heterocycles. The number of nitrogens with zero attached hydrogens (tertiary/aromatic N) is 1. The molecule has 0 aliphatic carbocycles. The zero-order valence-electron chi connectivity index (χ0n) is 10.8. The number of rotatable bonds is 1. The second-order valence-electron chi connectivity index (χ2n) is 4.62. The highest BCUT2D eigenvalue weighted by atomic mass is 35.5. The first-order valence-electron chi connectivity index (χ1n) is 6.19. The smallest absolute Gasteiger partial charge is 0.168 e. The van der Waals surface area contributed by atoms with Crippen LogP contribution in [0.25, 0.3) is 22.2 Å². The highest BCUT2D eigenvalue weighted by Gasteiger charge is 2.15. The molecule has 1 aromatic heterocycles. The summed E-state index contributed by atoms with van der Waals surface area (Å²) in [5.41, 5.74) is 9.28. The van der Waals surface area contributed by atoms with Gasteiger partial charge in [0.15, 0.2) is 5.82 Å². The molecule has 4 heteroatoms. The lowest BCUT2D eigenvalue weighted by Crippen LogP contribution is -1.99. The fraction of sp³-hybridized carbons (Fsp3) is 0.0625. The maximum Gasteiger partial charge on any atom is 0.168 e. The molecule has 2 N–H and O–H groups in total. The maximum absolute atomic E-state index is 14.2. The summed E-state index contributed by atoms with van der Waals surface area (Å²) in [5, 5.41) is 0.636. The standard InChI is InChI=1S/C16H12ClFN2/c1-9-14(19)11-7-8-12(17)13(18)16(11)20-15(9)10-5-3-2-4-6-10/h2-8H,1H3,(H2,19,20). The first-order valence-corrected chi connectivity index (χ1v) is 6.56. The van der Waals surface area contributed by atoms with Crippen LogP contribution in [0, 0.1) is 12.7 Å². The molecule has 100 valence electrons. The van der Waals surface area contributed by atoms with E-state index < -0.39 is 5.82 Å². The van der Waals surface area contributed by atoms with Crippen molar-refractivity contribution < 1.29 is 4.39 Å². The third-order valence-corrected chi connectivity index (χ3v) is 3.68. The number of anilines is 1. The van der Waals surface area contributed by atoms with Crippen molar-refractivity contribution in [2.75, 3.05) is 5.73 Å². The van der Waals surface area contributed by atoms with E-state index in [1.807, 2.05) is 37.3 Å². The van der Waals surface area contributed by atoms with Crippen molar-refractivity contribution in [2.45, 2.75) is 6.92 Å². The van der Waals surface area contributed by atoms with Gasteiger partial charge in [0.1, 0.15) is 5.52 Å². The third-order valence-electron chi connectivity index (χ3n) is 3.39. The van der Waals surface area contributed by atoms with Gasteiger partial charge in [0.05, 0.1) is 10.7 Å². The van der Waals surface area contributed by atoms with E-state index in [1.54, 1.807) is 6.07 Å². The summed E-state index contributed by atoms with van der Waals surface area (Å²) in [6, 6.07) is 12.8. The van der Waals surface area contributed by atoms with Crippen molar-refractivity contribution in [3.05, 3.63) is 58.9 Å². The second-order valence-corrected chi connectivity index (χ2v) is 5.03. The molecular formula is C16H12ClFN2. The Morgan fingerprint density at radius 3 is 2.50 bits per heavy atom. The lowest BCUT2D eigenvalue weighted by molar-refractivity contribution is 0.637. The molecule has 0 amide bonds. The lowest BCUT2D eigenvalue weighted by Gasteiger charge is -2.12. The first kappa shape index (κ1) is 12.9. The number of pyridine rings is 1. The Bertz CT molecular complexity index is 801. The molecule has 0 bridgehead atoms. The molecule has 0 saturated heterocycles. The summed E-state index contributed by atoms with van der Waals surface area (Å²) in [6.07, 6.45) is 0. The molecule has 0 unspecified atom stereocenters. The number of nitrogen functional groups attached to an aromatic ring is 1. The number of benzene rings is 2. The van der Waals surface area contributed by atoms with Gasteiger partial charge < -0.3 is 5.73 Å². The number of hydrogen-bond donors (Lipinski definition) is 1. The van der Waals surface area contributed by atoms with Crippen LogP contribution in [0.2, 0.25) is 5.02 Å². The zero-order chi connectivity index (χ0) is 14.3. The van der Waals surface area contributed by atoms with Crippen molar-refractivity contribution in [1.82, 2.24) is 4.98 Å². The van der Waals surface area contributed by atoms with Crippen molar-refractivity contribution in [3.8, 4) is 11.3 Å². The van der Waals surface area contributed by atoms with Crippen LogP contribution in [0.1, 0.15) is 5.56 Å². The van der Waals surface area contributed by atoms with Gasteiger partial charge in [-0.2, -0.15) is 0 Å². The van der Waals surface area contributed by atoms with Crippen LogP contribution in [0.3, 0.4) is 0 Å². The Morgan fingerprint density at radius 2 is 1.80 bits per heavy atom. The minimum Gasteiger partial charge on any atom is -0.398 e. The van der Waals surface area contributed by atoms with Crippen molar-refractivity contribution in [1.29, 1.82) is 0 Å². The molecule has 2 nitrogen and oxygen atoms in total. The minimum absolute atomic E-state index is 0.0484. The highest BCUT2D eigenvalue weighted by molar-refractivity contribution is 6.31. The van der Waals surface area contributed by atoms with Crippen molar-refractivity contribution in [3.63, 3.8) is 0 Å². The molecule has 3 aromatic rings. The Labute approximate surface area is 121 Å². The Kier molecular flexibility index (Phi) is 3.07. The van der Waals surface area contributed by atoms with Crippen molar-refractivity contribution >= 4 is 28.2 Å². The van der Waals surface area contributed by atoms with Gasteiger partial charge in [0.25, 0.3) is 0 Å². The summed E-state index contributed by atoms with van der Waals surface area (Å²) < 4.78 is 14.2. The van der Waals surface area contributed by atoms with Gasteiger partial charge in [-0.25, -0.2) is 9.37 Å². The number of aromatic nitrogens is 1. The number of hydrogen-bond acceptors (Lipinski definition) is 2. The van der Waals surface area contributed by atoms with Gasteiger partial charge in [0.2, 0.25) is 0 Å². The molecule has 0 spiro atoms. The van der Waals surface area contributed by atoms with Crippen LogP contribution in [-0.4, -0.2) is 4.98 Å². The van der Waals surface area contributed by atoms with E-state index in [9.17, 15) is 4.39 Å². The topological polar surface area (TPSA) is 38.9 Å². The molecule has 0 radical (unpaired) electrons. The fourth-order valence-electron chi connectivity index (χ4n) is 2.27. The number of halogens is 2. The fourth-order valence-corrected chi connectivity index (χ4v) is 2.42. The van der Waals surface area contributed by atoms with Gasteiger partial charge >= 0.3 is 0 Å². The van der Waals surface area contributed by atoms with E-state index in [-0.39, 0.29) is 10.5 Å². The van der Waals surface area contributed by atoms with E-state index in [2.05, 4.69) is 4.98 Å². The van der Waals surface area contributed by atoms with E-state index in [4.69, 9.17) is 17.3 Å². The molecule has 0 aliphatic rings. The van der Waals surface area contributed by atoms with Gasteiger partial charge in [-0.1, -0.05) is 41.9 Å². The number of fused-ring (bicyclic) bond motifs is 1. The van der Waals surface area contributed by atoms with Crippen molar-refractivity contribution in [2.24, 2.45) is 0 Å². The summed E-state index contributed by atoms with van der Waals surface area (Å²) in [5.74, 6) is -0.534. The van der Waals surface area contributed by atoms with E-state index in [0.29, 0.717) is 16.8 Å². The normalized spacial score (nSPS) is 10.9. The SMILES string of the molecule is Cc1c(-c2ccccc2)nc2c(F)c(Cl)ccc2c1N. The van der Waals surface area contributed by atoms with Crippen LogP contribution in [-0.2, 0) is 0 Å². The lowest BCUT2D eigenvalue weighted by atomic mass is 10.0. The molecule has 2 aromatic carbocycles. The molecule has 0 atom stereocenters. The van der Waals surface area contributed by atoms with Crippen LogP contribution >= 0.6 is 11.6 Å². The Hall–Kier alpha value is -2.13. The van der Waals surface area contributed by atoms with E-state index >= 15 is 0 Å². The van der Waals surface area contributed by atoms with Gasteiger partial charge in [-0.3, -0.25) is 0 Å². The number of nitrogens with two attached hydrogens (primary N) is 1. The predicted molar refractivity (Wildman–Crippen MR) is 81.3 cm³/mol. The molecule has 0 saturated carbocycles. The average molecular weight is 287 g/mol. The quantitative estimate of drug-likeness (QED) is 0.711. The van der Waals surface area contributed by atoms with E-state index in [0.717, 1.165) is 11.1 Å². The monoisotopic (exact) mass is 286 g/mol. The summed E-state index contributed by atoms with van der Waals surface area (Å²) in [7, 11) is 0. The molecule has 0 fully saturated rings.